The first-order valence-corrected chi connectivity index (χ1v) is 11.0. The molecule has 3 rings (SSSR count). The van der Waals surface area contributed by atoms with Crippen molar-refractivity contribution < 1.29 is 14.2 Å². The Hall–Kier alpha value is -3.41. The van der Waals surface area contributed by atoms with E-state index in [-0.39, 0.29) is 0 Å². The predicted molar refractivity (Wildman–Crippen MR) is 132 cm³/mol. The maximum absolute atomic E-state index is 9.55. The minimum absolute atomic E-state index is 0.317. The Bertz CT molecular complexity index is 1200. The van der Waals surface area contributed by atoms with Gasteiger partial charge in [-0.25, -0.2) is 4.98 Å². The number of hydrogen-bond acceptors (Lipinski definition) is 7. The van der Waals surface area contributed by atoms with Gasteiger partial charge in [0.05, 0.1) is 19.9 Å². The average molecular weight is 509 g/mol. The fourth-order valence-corrected chi connectivity index (χ4v) is 3.69. The van der Waals surface area contributed by atoms with Gasteiger partial charge in [-0.1, -0.05) is 29.8 Å². The summed E-state index contributed by atoms with van der Waals surface area (Å²) < 4.78 is 17.5. The molecule has 0 aliphatic heterocycles. The summed E-state index contributed by atoms with van der Waals surface area (Å²) >= 11 is 3.57. The number of ether oxygens (including phenoxy) is 3. The predicted octanol–water partition coefficient (Wildman–Crippen LogP) is 5.51. The number of hydrazone groups is 1. The van der Waals surface area contributed by atoms with E-state index in [1.165, 1.54) is 5.56 Å². The summed E-state index contributed by atoms with van der Waals surface area (Å²) in [5, 5.41) is 13.8. The monoisotopic (exact) mass is 508 g/mol. The number of pyridine rings is 1. The summed E-state index contributed by atoms with van der Waals surface area (Å²) in [6, 6.07) is 15.8. The summed E-state index contributed by atoms with van der Waals surface area (Å²) in [5.74, 6) is 1.58. The highest BCUT2D eigenvalue weighted by Gasteiger charge is 2.12. The number of nitrogens with one attached hydrogen (secondary N) is 1. The molecule has 3 aromatic rings. The van der Waals surface area contributed by atoms with Crippen molar-refractivity contribution in [1.29, 1.82) is 5.26 Å². The van der Waals surface area contributed by atoms with Crippen molar-refractivity contribution in [2.75, 3.05) is 19.6 Å². The van der Waals surface area contributed by atoms with E-state index in [0.717, 1.165) is 26.9 Å². The number of nitrogens with zero attached hydrogens (tertiary/aromatic N) is 3. The second-order valence-corrected chi connectivity index (χ2v) is 8.22. The van der Waals surface area contributed by atoms with E-state index in [9.17, 15) is 5.26 Å². The molecule has 8 heteroatoms. The fraction of sp³-hybridized carbons (Fsp3) is 0.240. The number of nitriles is 1. The Kier molecular flexibility index (Phi) is 8.41. The highest BCUT2D eigenvalue weighted by Crippen LogP contribution is 2.33. The third-order valence-electron chi connectivity index (χ3n) is 4.77. The molecule has 0 aliphatic carbocycles. The van der Waals surface area contributed by atoms with Gasteiger partial charge in [0.2, 0.25) is 0 Å². The summed E-state index contributed by atoms with van der Waals surface area (Å²) in [5.41, 5.74) is 7.81. The van der Waals surface area contributed by atoms with Crippen LogP contribution in [0.4, 0.5) is 5.82 Å². The lowest BCUT2D eigenvalue weighted by molar-refractivity contribution is 0.184. The zero-order chi connectivity index (χ0) is 23.8. The lowest BCUT2D eigenvalue weighted by atomic mass is 10.1. The molecule has 33 heavy (non-hydrogen) atoms. The number of methoxy groups -OCH3 is 2. The van der Waals surface area contributed by atoms with Crippen molar-refractivity contribution in [2.24, 2.45) is 5.10 Å². The van der Waals surface area contributed by atoms with Crippen molar-refractivity contribution in [3.8, 4) is 17.6 Å². The fourth-order valence-electron chi connectivity index (χ4n) is 3.26. The smallest absolute Gasteiger partial charge is 0.164 e. The van der Waals surface area contributed by atoms with Gasteiger partial charge in [0, 0.05) is 28.4 Å². The van der Waals surface area contributed by atoms with Crippen LogP contribution in [0.5, 0.6) is 11.5 Å². The number of aromatic nitrogens is 1. The van der Waals surface area contributed by atoms with Crippen LogP contribution >= 0.6 is 15.9 Å². The van der Waals surface area contributed by atoms with E-state index >= 15 is 0 Å². The summed E-state index contributed by atoms with van der Waals surface area (Å²) in [6.45, 7) is 4.65. The van der Waals surface area contributed by atoms with Gasteiger partial charge in [0.15, 0.2) is 17.3 Å². The van der Waals surface area contributed by atoms with Gasteiger partial charge in [-0.15, -0.1) is 0 Å². The lowest BCUT2D eigenvalue weighted by Gasteiger charge is -2.13. The Morgan fingerprint density at radius 1 is 1.12 bits per heavy atom. The number of aryl methyl sites for hydroxylation is 2. The van der Waals surface area contributed by atoms with E-state index in [1.54, 1.807) is 20.4 Å². The third-order valence-corrected chi connectivity index (χ3v) is 5.46. The van der Waals surface area contributed by atoms with Crippen molar-refractivity contribution >= 4 is 28.0 Å². The van der Waals surface area contributed by atoms with E-state index in [0.29, 0.717) is 36.1 Å². The summed E-state index contributed by atoms with van der Waals surface area (Å²) in [7, 11) is 3.18. The summed E-state index contributed by atoms with van der Waals surface area (Å²) in [6.07, 6.45) is 1.62. The molecule has 0 fully saturated rings. The Morgan fingerprint density at radius 2 is 1.94 bits per heavy atom. The molecule has 0 spiro atoms. The molecule has 0 aliphatic rings. The molecule has 170 valence electrons. The zero-order valence-electron chi connectivity index (χ0n) is 19.0. The van der Waals surface area contributed by atoms with Crippen LogP contribution in [0.1, 0.15) is 33.5 Å². The topological polar surface area (TPSA) is 88.8 Å². The van der Waals surface area contributed by atoms with E-state index in [2.05, 4.69) is 43.6 Å². The minimum atomic E-state index is 0.317. The number of benzene rings is 2. The van der Waals surface area contributed by atoms with Gasteiger partial charge in [0.25, 0.3) is 0 Å². The van der Waals surface area contributed by atoms with Crippen LogP contribution in [-0.4, -0.2) is 25.4 Å². The van der Waals surface area contributed by atoms with Crippen molar-refractivity contribution in [1.82, 2.24) is 4.98 Å². The minimum Gasteiger partial charge on any atom is -0.493 e. The lowest BCUT2D eigenvalue weighted by Crippen LogP contribution is -2.04. The van der Waals surface area contributed by atoms with Crippen LogP contribution < -0.4 is 14.9 Å². The number of halogens is 1. The largest absolute Gasteiger partial charge is 0.493 e. The average Bonchev–Trinajstić information content (AvgIpc) is 2.79. The standard InChI is InChI=1S/C25H25BrN4O3/c1-16-6-5-7-18(8-16)14-33-24-11-22(26)19(10-23(24)32-4)13-28-30-25-21(12-27)20(15-31-3)9-17(2)29-25/h5-11,13H,14-15H2,1-4H3,(H,29,30)/b28-13-. The van der Waals surface area contributed by atoms with Crippen molar-refractivity contribution in [3.05, 3.63) is 80.4 Å². The van der Waals surface area contributed by atoms with Gasteiger partial charge in [-0.2, -0.15) is 10.4 Å². The third kappa shape index (κ3) is 6.31. The van der Waals surface area contributed by atoms with Gasteiger partial charge in [-0.3, -0.25) is 5.43 Å². The molecule has 0 saturated heterocycles. The number of hydrogen-bond donors (Lipinski definition) is 1. The molecule has 0 atom stereocenters. The number of anilines is 1. The molecule has 2 aromatic carbocycles. The van der Waals surface area contributed by atoms with E-state index < -0.39 is 0 Å². The number of rotatable bonds is 9. The van der Waals surface area contributed by atoms with Gasteiger partial charge < -0.3 is 14.2 Å². The van der Waals surface area contributed by atoms with Gasteiger partial charge in [-0.05, 0) is 53.5 Å². The Balaban J connectivity index is 1.78. The van der Waals surface area contributed by atoms with E-state index in [4.69, 9.17) is 14.2 Å². The first-order valence-electron chi connectivity index (χ1n) is 10.2. The second kappa shape index (κ2) is 11.5. The second-order valence-electron chi connectivity index (χ2n) is 7.36. The molecular formula is C25H25BrN4O3. The van der Waals surface area contributed by atoms with Crippen LogP contribution in [0, 0.1) is 25.2 Å². The molecule has 7 nitrogen and oxygen atoms in total. The maximum atomic E-state index is 9.55. The van der Waals surface area contributed by atoms with Crippen molar-refractivity contribution in [2.45, 2.75) is 27.1 Å². The van der Waals surface area contributed by atoms with Gasteiger partial charge in [0.1, 0.15) is 18.2 Å². The first kappa shape index (κ1) is 24.2. The molecule has 1 heterocycles. The molecule has 1 aromatic heterocycles. The van der Waals surface area contributed by atoms with Crippen LogP contribution in [0.2, 0.25) is 0 Å². The van der Waals surface area contributed by atoms with Gasteiger partial charge >= 0.3 is 0 Å². The SMILES string of the molecule is COCc1cc(C)nc(N/N=C\c2cc(OC)c(OCc3cccc(C)c3)cc2Br)c1C#N. The highest BCUT2D eigenvalue weighted by atomic mass is 79.9. The van der Waals surface area contributed by atoms with Crippen LogP contribution in [0.15, 0.2) is 52.0 Å². The summed E-state index contributed by atoms with van der Waals surface area (Å²) in [4.78, 5) is 4.39. The molecule has 1 N–H and O–H groups in total. The highest BCUT2D eigenvalue weighted by molar-refractivity contribution is 9.10. The molecule has 0 unspecified atom stereocenters. The quantitative estimate of drug-likeness (QED) is 0.302. The van der Waals surface area contributed by atoms with Crippen molar-refractivity contribution in [3.63, 3.8) is 0 Å². The van der Waals surface area contributed by atoms with Crippen LogP contribution in [0.3, 0.4) is 0 Å². The normalized spacial score (nSPS) is 10.8. The zero-order valence-corrected chi connectivity index (χ0v) is 20.6. The Labute approximate surface area is 202 Å². The molecule has 0 amide bonds. The maximum Gasteiger partial charge on any atom is 0.164 e. The van der Waals surface area contributed by atoms with E-state index in [1.807, 2.05) is 50.2 Å². The molecule has 0 radical (unpaired) electrons. The Morgan fingerprint density at radius 3 is 2.64 bits per heavy atom. The van der Waals surface area contributed by atoms with Crippen LogP contribution in [0.25, 0.3) is 0 Å². The first-order chi connectivity index (χ1) is 15.9. The molecular weight excluding hydrogens is 484 g/mol. The molecule has 0 bridgehead atoms. The molecule has 0 saturated carbocycles. The van der Waals surface area contributed by atoms with Crippen LogP contribution in [-0.2, 0) is 18.0 Å².